The topological polar surface area (TPSA) is 85.4 Å². The van der Waals surface area contributed by atoms with Crippen LogP contribution in [0.25, 0.3) is 0 Å². The summed E-state index contributed by atoms with van der Waals surface area (Å²) in [5, 5.41) is 1.66. The van der Waals surface area contributed by atoms with Gasteiger partial charge < -0.3 is 10.1 Å². The fourth-order valence-electron chi connectivity index (χ4n) is 2.14. The number of methoxy groups -OCH3 is 1. The Hall–Kier alpha value is -2.41. The van der Waals surface area contributed by atoms with E-state index in [4.69, 9.17) is 4.74 Å². The van der Waals surface area contributed by atoms with E-state index >= 15 is 0 Å². The first-order valence-electron chi connectivity index (χ1n) is 6.97. The molecule has 1 N–H and O–H groups in total. The summed E-state index contributed by atoms with van der Waals surface area (Å²) in [6.07, 6.45) is 3.06. The molecule has 1 heterocycles. The van der Waals surface area contributed by atoms with E-state index in [1.54, 1.807) is 30.5 Å². The van der Waals surface area contributed by atoms with E-state index < -0.39 is 15.1 Å². The summed E-state index contributed by atoms with van der Waals surface area (Å²) in [4.78, 5) is 15.3. The molecule has 2 aromatic rings. The first kappa shape index (κ1) is 17.0. The van der Waals surface area contributed by atoms with Crippen LogP contribution in [-0.4, -0.2) is 33.0 Å². The van der Waals surface area contributed by atoms with Gasteiger partial charge in [-0.3, -0.25) is 9.78 Å². The van der Waals surface area contributed by atoms with E-state index in [1.807, 2.05) is 0 Å². The van der Waals surface area contributed by atoms with Gasteiger partial charge in [0.05, 0.1) is 12.0 Å². The van der Waals surface area contributed by atoms with Gasteiger partial charge in [-0.1, -0.05) is 6.07 Å². The quantitative estimate of drug-likeness (QED) is 0.870. The molecule has 0 aliphatic heterocycles. The number of aromatic nitrogens is 1. The number of ether oxygens (including phenoxy) is 1. The molecule has 1 aromatic heterocycles. The number of carbonyl (C=O) groups is 1. The molecule has 1 unspecified atom stereocenters. The summed E-state index contributed by atoms with van der Waals surface area (Å²) in [6, 6.07) is 9.51. The zero-order valence-corrected chi connectivity index (χ0v) is 13.7. The number of hydrogen-bond acceptors (Lipinski definition) is 5. The van der Waals surface area contributed by atoms with Gasteiger partial charge in [-0.05, 0) is 35.9 Å². The van der Waals surface area contributed by atoms with E-state index in [9.17, 15) is 13.2 Å². The smallest absolute Gasteiger partial charge is 0.216 e. The van der Waals surface area contributed by atoms with Crippen molar-refractivity contribution >= 4 is 15.7 Å². The molecule has 2 rings (SSSR count). The number of benzene rings is 1. The molecule has 0 fully saturated rings. The summed E-state index contributed by atoms with van der Waals surface area (Å²) in [6.45, 7) is 1.33. The molecule has 1 amide bonds. The van der Waals surface area contributed by atoms with Crippen molar-refractivity contribution < 1.29 is 17.9 Å². The van der Waals surface area contributed by atoms with Gasteiger partial charge in [0, 0.05) is 25.9 Å². The first-order chi connectivity index (χ1) is 10.9. The molecule has 0 bridgehead atoms. The maximum atomic E-state index is 12.9. The normalized spacial score (nSPS) is 12.4. The molecule has 1 aromatic carbocycles. The van der Waals surface area contributed by atoms with Gasteiger partial charge in [0.25, 0.3) is 0 Å². The molecule has 0 aliphatic carbocycles. The Morgan fingerprint density at radius 3 is 2.48 bits per heavy atom. The van der Waals surface area contributed by atoms with Crippen molar-refractivity contribution in [3.8, 4) is 5.75 Å². The Balaban J connectivity index is 2.41. The van der Waals surface area contributed by atoms with Crippen LogP contribution >= 0.6 is 0 Å². The molecule has 0 saturated heterocycles. The lowest BCUT2D eigenvalue weighted by Gasteiger charge is -2.18. The van der Waals surface area contributed by atoms with Gasteiger partial charge in [0.15, 0.2) is 9.84 Å². The van der Waals surface area contributed by atoms with Gasteiger partial charge in [-0.15, -0.1) is 0 Å². The van der Waals surface area contributed by atoms with Crippen LogP contribution in [0.5, 0.6) is 5.75 Å². The van der Waals surface area contributed by atoms with Crippen LogP contribution in [0.3, 0.4) is 0 Å². The van der Waals surface area contributed by atoms with Crippen molar-refractivity contribution in [2.45, 2.75) is 17.1 Å². The van der Waals surface area contributed by atoms with Crippen molar-refractivity contribution in [2.75, 3.05) is 13.7 Å². The number of carbonyl (C=O) groups excluding carboxylic acids is 1. The lowest BCUT2D eigenvalue weighted by atomic mass is 10.2. The van der Waals surface area contributed by atoms with Crippen molar-refractivity contribution in [3.05, 3.63) is 54.4 Å². The van der Waals surface area contributed by atoms with Crippen LogP contribution in [-0.2, 0) is 14.6 Å². The number of rotatable bonds is 6. The molecule has 6 nitrogen and oxygen atoms in total. The third-order valence-corrected chi connectivity index (χ3v) is 5.47. The van der Waals surface area contributed by atoms with Crippen LogP contribution < -0.4 is 10.1 Å². The van der Waals surface area contributed by atoms with Gasteiger partial charge in [-0.25, -0.2) is 8.42 Å². The first-order valence-corrected chi connectivity index (χ1v) is 8.52. The summed E-state index contributed by atoms with van der Waals surface area (Å²) in [7, 11) is -2.17. The number of sulfone groups is 1. The SMILES string of the molecule is COc1ccc(S(=O)(=O)C(CNC(C)=O)c2cccnc2)cc1. The second-order valence-corrected chi connectivity index (χ2v) is 7.06. The fraction of sp³-hybridized carbons (Fsp3) is 0.250. The zero-order chi connectivity index (χ0) is 16.9. The van der Waals surface area contributed by atoms with Gasteiger partial charge >= 0.3 is 0 Å². The number of hydrogen-bond donors (Lipinski definition) is 1. The lowest BCUT2D eigenvalue weighted by Crippen LogP contribution is -2.30. The van der Waals surface area contributed by atoms with Gasteiger partial charge in [0.1, 0.15) is 11.0 Å². The van der Waals surface area contributed by atoms with E-state index in [-0.39, 0.29) is 17.3 Å². The number of nitrogens with one attached hydrogen (secondary N) is 1. The van der Waals surface area contributed by atoms with E-state index in [2.05, 4.69) is 10.3 Å². The van der Waals surface area contributed by atoms with Crippen LogP contribution in [0.15, 0.2) is 53.7 Å². The Kier molecular flexibility index (Phi) is 5.33. The second kappa shape index (κ2) is 7.23. The van der Waals surface area contributed by atoms with E-state index in [0.29, 0.717) is 11.3 Å². The molecule has 0 spiro atoms. The molecule has 0 radical (unpaired) electrons. The Labute approximate surface area is 135 Å². The summed E-state index contributed by atoms with van der Waals surface area (Å²) in [5.41, 5.74) is 0.525. The highest BCUT2D eigenvalue weighted by atomic mass is 32.2. The third kappa shape index (κ3) is 4.07. The maximum Gasteiger partial charge on any atom is 0.216 e. The van der Waals surface area contributed by atoms with Crippen molar-refractivity contribution in [2.24, 2.45) is 0 Å². The molecule has 122 valence electrons. The molecular formula is C16H18N2O4S. The summed E-state index contributed by atoms with van der Waals surface area (Å²) < 4.78 is 30.9. The minimum absolute atomic E-state index is 0.0185. The maximum absolute atomic E-state index is 12.9. The molecular weight excluding hydrogens is 316 g/mol. The molecule has 0 saturated carbocycles. The zero-order valence-electron chi connectivity index (χ0n) is 12.9. The average Bonchev–Trinajstić information content (AvgIpc) is 2.55. The molecule has 0 aliphatic rings. The minimum atomic E-state index is -3.69. The van der Waals surface area contributed by atoms with Crippen LogP contribution in [0.1, 0.15) is 17.7 Å². The highest BCUT2D eigenvalue weighted by molar-refractivity contribution is 7.91. The van der Waals surface area contributed by atoms with Gasteiger partial charge in [-0.2, -0.15) is 0 Å². The Bertz CT molecular complexity index is 758. The minimum Gasteiger partial charge on any atom is -0.497 e. The van der Waals surface area contributed by atoms with Crippen LogP contribution in [0.2, 0.25) is 0 Å². The Morgan fingerprint density at radius 2 is 1.96 bits per heavy atom. The molecule has 23 heavy (non-hydrogen) atoms. The highest BCUT2D eigenvalue weighted by Gasteiger charge is 2.29. The third-order valence-electron chi connectivity index (χ3n) is 3.36. The average molecular weight is 334 g/mol. The number of nitrogens with zero attached hydrogens (tertiary/aromatic N) is 1. The predicted octanol–water partition coefficient (Wildman–Crippen LogP) is 1.74. The monoisotopic (exact) mass is 334 g/mol. The predicted molar refractivity (Wildman–Crippen MR) is 85.8 cm³/mol. The van der Waals surface area contributed by atoms with E-state index in [0.717, 1.165) is 0 Å². The summed E-state index contributed by atoms with van der Waals surface area (Å²) in [5.74, 6) is 0.285. The summed E-state index contributed by atoms with van der Waals surface area (Å²) >= 11 is 0. The Morgan fingerprint density at radius 1 is 1.26 bits per heavy atom. The van der Waals surface area contributed by atoms with Crippen molar-refractivity contribution in [1.29, 1.82) is 0 Å². The second-order valence-electron chi connectivity index (χ2n) is 4.93. The number of amides is 1. The molecule has 1 atom stereocenters. The van der Waals surface area contributed by atoms with Gasteiger partial charge in [0.2, 0.25) is 5.91 Å². The van der Waals surface area contributed by atoms with Crippen molar-refractivity contribution in [1.82, 2.24) is 10.3 Å². The fourth-order valence-corrected chi connectivity index (χ4v) is 3.78. The molecule has 7 heteroatoms. The standard InChI is InChI=1S/C16H18N2O4S/c1-12(19)18-11-16(13-4-3-9-17-10-13)23(20,21)15-7-5-14(22-2)6-8-15/h3-10,16H,11H2,1-2H3,(H,18,19). The number of pyridine rings is 1. The van der Waals surface area contributed by atoms with Crippen LogP contribution in [0, 0.1) is 0 Å². The lowest BCUT2D eigenvalue weighted by molar-refractivity contribution is -0.118. The van der Waals surface area contributed by atoms with Crippen molar-refractivity contribution in [3.63, 3.8) is 0 Å². The highest BCUT2D eigenvalue weighted by Crippen LogP contribution is 2.29. The van der Waals surface area contributed by atoms with E-state index in [1.165, 1.54) is 32.4 Å². The largest absolute Gasteiger partial charge is 0.497 e. The van der Waals surface area contributed by atoms with Crippen LogP contribution in [0.4, 0.5) is 0 Å².